The van der Waals surface area contributed by atoms with Gasteiger partial charge in [0.05, 0.1) is 10.9 Å². The van der Waals surface area contributed by atoms with E-state index in [9.17, 15) is 13.2 Å². The van der Waals surface area contributed by atoms with Gasteiger partial charge in [-0.1, -0.05) is 31.4 Å². The van der Waals surface area contributed by atoms with Crippen molar-refractivity contribution in [1.29, 1.82) is 0 Å². The summed E-state index contributed by atoms with van der Waals surface area (Å²) in [5.74, 6) is 0.220. The van der Waals surface area contributed by atoms with E-state index < -0.39 is 16.1 Å². The third-order valence-corrected chi connectivity index (χ3v) is 5.90. The summed E-state index contributed by atoms with van der Waals surface area (Å²) >= 11 is 0. The molecule has 1 atom stereocenters. The highest BCUT2D eigenvalue weighted by Crippen LogP contribution is 2.32. The Bertz CT molecular complexity index is 620. The van der Waals surface area contributed by atoms with E-state index in [1.165, 1.54) is 37.7 Å². The van der Waals surface area contributed by atoms with Gasteiger partial charge in [-0.15, -0.1) is 0 Å². The topological polar surface area (TPSA) is 75.3 Å². The first kappa shape index (κ1) is 17.9. The van der Waals surface area contributed by atoms with Gasteiger partial charge in [0, 0.05) is 6.54 Å². The summed E-state index contributed by atoms with van der Waals surface area (Å²) < 4.78 is 27.1. The maximum absolute atomic E-state index is 12.3. The fourth-order valence-electron chi connectivity index (χ4n) is 3.04. The van der Waals surface area contributed by atoms with Gasteiger partial charge >= 0.3 is 0 Å². The second-order valence-corrected chi connectivity index (χ2v) is 7.86. The quantitative estimate of drug-likeness (QED) is 0.837. The van der Waals surface area contributed by atoms with Crippen LogP contribution in [0.4, 0.5) is 0 Å². The van der Waals surface area contributed by atoms with Crippen molar-refractivity contribution in [3.63, 3.8) is 0 Å². The summed E-state index contributed by atoms with van der Waals surface area (Å²) in [6.45, 7) is 3.81. The normalized spacial score (nSPS) is 17.7. The van der Waals surface area contributed by atoms with Crippen molar-refractivity contribution in [2.45, 2.75) is 62.8 Å². The first-order valence-corrected chi connectivity index (χ1v) is 9.82. The lowest BCUT2D eigenvalue weighted by atomic mass is 9.84. The SMILES string of the molecule is CCNC(=O)[C@H](C)NS(=O)(=O)c1ccc(C2CCCCC2)cc1. The molecule has 5 nitrogen and oxygen atoms in total. The lowest BCUT2D eigenvalue weighted by Crippen LogP contribution is -2.44. The Morgan fingerprint density at radius 3 is 2.35 bits per heavy atom. The highest BCUT2D eigenvalue weighted by Gasteiger charge is 2.22. The zero-order chi connectivity index (χ0) is 16.9. The molecule has 128 valence electrons. The fraction of sp³-hybridized carbons (Fsp3) is 0.588. The van der Waals surface area contributed by atoms with Crippen molar-refractivity contribution >= 4 is 15.9 Å². The van der Waals surface area contributed by atoms with Gasteiger partial charge in [-0.3, -0.25) is 4.79 Å². The highest BCUT2D eigenvalue weighted by molar-refractivity contribution is 7.89. The molecule has 2 N–H and O–H groups in total. The maximum atomic E-state index is 12.3. The molecule has 23 heavy (non-hydrogen) atoms. The number of carbonyl (C=O) groups excluding carboxylic acids is 1. The van der Waals surface area contributed by atoms with Crippen LogP contribution in [0.15, 0.2) is 29.2 Å². The minimum Gasteiger partial charge on any atom is -0.355 e. The van der Waals surface area contributed by atoms with Crippen molar-refractivity contribution in [2.24, 2.45) is 0 Å². The highest BCUT2D eigenvalue weighted by atomic mass is 32.2. The smallest absolute Gasteiger partial charge is 0.241 e. The molecule has 0 saturated heterocycles. The molecular formula is C17H26N2O3S. The van der Waals surface area contributed by atoms with Crippen LogP contribution >= 0.6 is 0 Å². The number of hydrogen-bond donors (Lipinski definition) is 2. The number of nitrogens with one attached hydrogen (secondary N) is 2. The fourth-order valence-corrected chi connectivity index (χ4v) is 4.24. The van der Waals surface area contributed by atoms with E-state index in [1.54, 1.807) is 26.0 Å². The number of carbonyl (C=O) groups is 1. The molecule has 1 aliphatic rings. The standard InChI is InChI=1S/C17H26N2O3S/c1-3-18-17(20)13(2)19-23(21,22)16-11-9-15(10-12-16)14-7-5-4-6-8-14/h9-14,19H,3-8H2,1-2H3,(H,18,20)/t13-/m0/s1. The minimum absolute atomic E-state index is 0.202. The molecule has 0 radical (unpaired) electrons. The van der Waals surface area contributed by atoms with Crippen molar-refractivity contribution in [3.8, 4) is 0 Å². The summed E-state index contributed by atoms with van der Waals surface area (Å²) in [7, 11) is -3.68. The molecule has 1 fully saturated rings. The molecule has 0 bridgehead atoms. The van der Waals surface area contributed by atoms with Gasteiger partial charge in [-0.05, 0) is 50.3 Å². The second-order valence-electron chi connectivity index (χ2n) is 6.14. The number of benzene rings is 1. The van der Waals surface area contributed by atoms with Crippen LogP contribution in [0.25, 0.3) is 0 Å². The maximum Gasteiger partial charge on any atom is 0.241 e. The predicted octanol–water partition coefficient (Wildman–Crippen LogP) is 2.54. The zero-order valence-corrected chi connectivity index (χ0v) is 14.7. The first-order chi connectivity index (χ1) is 10.9. The lowest BCUT2D eigenvalue weighted by Gasteiger charge is -2.22. The molecule has 1 saturated carbocycles. The van der Waals surface area contributed by atoms with Gasteiger partial charge in [0.15, 0.2) is 0 Å². The molecule has 1 aromatic rings. The van der Waals surface area contributed by atoms with Gasteiger partial charge in [-0.25, -0.2) is 8.42 Å². The van der Waals surface area contributed by atoms with Gasteiger partial charge in [-0.2, -0.15) is 4.72 Å². The van der Waals surface area contributed by atoms with Crippen LogP contribution in [0.5, 0.6) is 0 Å². The number of hydrogen-bond acceptors (Lipinski definition) is 3. The largest absolute Gasteiger partial charge is 0.355 e. The number of amides is 1. The molecule has 1 aromatic carbocycles. The molecule has 0 aliphatic heterocycles. The van der Waals surface area contributed by atoms with Gasteiger partial charge in [0.1, 0.15) is 0 Å². The van der Waals surface area contributed by atoms with Crippen molar-refractivity contribution < 1.29 is 13.2 Å². The van der Waals surface area contributed by atoms with Gasteiger partial charge in [0.25, 0.3) is 0 Å². The summed E-state index contributed by atoms with van der Waals surface area (Å²) in [4.78, 5) is 11.9. The average Bonchev–Trinajstić information content (AvgIpc) is 2.55. The van der Waals surface area contributed by atoms with Crippen LogP contribution in [0.2, 0.25) is 0 Å². The van der Waals surface area contributed by atoms with Crippen LogP contribution in [-0.4, -0.2) is 26.9 Å². The molecule has 6 heteroatoms. The number of rotatable bonds is 6. The lowest BCUT2D eigenvalue weighted by molar-refractivity contribution is -0.122. The Hall–Kier alpha value is -1.40. The van der Waals surface area contributed by atoms with E-state index in [1.807, 2.05) is 12.1 Å². The molecule has 0 heterocycles. The predicted molar refractivity (Wildman–Crippen MR) is 90.7 cm³/mol. The molecule has 2 rings (SSSR count). The van der Waals surface area contributed by atoms with Crippen LogP contribution in [0, 0.1) is 0 Å². The Kier molecular flexibility index (Phi) is 6.18. The van der Waals surface area contributed by atoms with Gasteiger partial charge in [0.2, 0.25) is 15.9 Å². The van der Waals surface area contributed by atoms with Crippen molar-refractivity contribution in [2.75, 3.05) is 6.54 Å². The Morgan fingerprint density at radius 1 is 1.17 bits per heavy atom. The van der Waals surface area contributed by atoms with E-state index in [0.717, 1.165) is 0 Å². The van der Waals surface area contributed by atoms with E-state index in [2.05, 4.69) is 10.0 Å². The molecule has 1 aliphatic carbocycles. The summed E-state index contributed by atoms with van der Waals surface area (Å²) in [6, 6.07) is 6.29. The van der Waals surface area contributed by atoms with Crippen LogP contribution in [-0.2, 0) is 14.8 Å². The summed E-state index contributed by atoms with van der Waals surface area (Å²) in [6.07, 6.45) is 6.15. The van der Waals surface area contributed by atoms with Crippen LogP contribution < -0.4 is 10.0 Å². The van der Waals surface area contributed by atoms with Crippen molar-refractivity contribution in [1.82, 2.24) is 10.0 Å². The minimum atomic E-state index is -3.68. The molecule has 0 spiro atoms. The molecule has 0 unspecified atom stereocenters. The first-order valence-electron chi connectivity index (χ1n) is 8.34. The number of sulfonamides is 1. The van der Waals surface area contributed by atoms with Crippen LogP contribution in [0.1, 0.15) is 57.4 Å². The van der Waals surface area contributed by atoms with E-state index in [-0.39, 0.29) is 10.8 Å². The third-order valence-electron chi connectivity index (χ3n) is 4.34. The second kappa shape index (κ2) is 7.93. The van der Waals surface area contributed by atoms with Gasteiger partial charge < -0.3 is 5.32 Å². The van der Waals surface area contributed by atoms with Crippen LogP contribution in [0.3, 0.4) is 0 Å². The summed E-state index contributed by atoms with van der Waals surface area (Å²) in [5.41, 5.74) is 1.21. The average molecular weight is 338 g/mol. The van der Waals surface area contributed by atoms with E-state index in [0.29, 0.717) is 12.5 Å². The Balaban J connectivity index is 2.06. The molecular weight excluding hydrogens is 312 g/mol. The Morgan fingerprint density at radius 2 is 1.78 bits per heavy atom. The molecule has 0 aromatic heterocycles. The van der Waals surface area contributed by atoms with E-state index in [4.69, 9.17) is 0 Å². The van der Waals surface area contributed by atoms with Crippen molar-refractivity contribution in [3.05, 3.63) is 29.8 Å². The summed E-state index contributed by atoms with van der Waals surface area (Å²) in [5, 5.41) is 2.61. The zero-order valence-electron chi connectivity index (χ0n) is 13.8. The monoisotopic (exact) mass is 338 g/mol. The Labute approximate surface area is 138 Å². The number of likely N-dealkylation sites (N-methyl/N-ethyl adjacent to an activating group) is 1. The van der Waals surface area contributed by atoms with E-state index >= 15 is 0 Å². The third kappa shape index (κ3) is 4.78. The molecule has 1 amide bonds.